The Bertz CT molecular complexity index is 838. The molecule has 0 unspecified atom stereocenters. The molecule has 120 valence electrons. The smallest absolute Gasteiger partial charge is 0.138 e. The van der Waals surface area contributed by atoms with E-state index in [2.05, 4.69) is 14.9 Å². The van der Waals surface area contributed by atoms with E-state index in [0.29, 0.717) is 11.1 Å². The van der Waals surface area contributed by atoms with E-state index in [9.17, 15) is 0 Å². The third kappa shape index (κ3) is 2.89. The SMILES string of the molecule is CN(c1ccccc1)c1ccc(C(=N)c2c(N)ncnc2N)cc1. The number of benzene rings is 2. The summed E-state index contributed by atoms with van der Waals surface area (Å²) >= 11 is 0. The van der Waals surface area contributed by atoms with Gasteiger partial charge in [-0.05, 0) is 24.3 Å². The number of para-hydroxylation sites is 1. The summed E-state index contributed by atoms with van der Waals surface area (Å²) in [5, 5.41) is 8.34. The molecule has 6 nitrogen and oxygen atoms in total. The Morgan fingerprint density at radius 2 is 1.42 bits per heavy atom. The van der Waals surface area contributed by atoms with Crippen LogP contribution < -0.4 is 16.4 Å². The molecule has 0 aliphatic heterocycles. The maximum Gasteiger partial charge on any atom is 0.138 e. The van der Waals surface area contributed by atoms with Crippen molar-refractivity contribution in [3.8, 4) is 0 Å². The van der Waals surface area contributed by atoms with Crippen molar-refractivity contribution in [2.75, 3.05) is 23.4 Å². The van der Waals surface area contributed by atoms with Gasteiger partial charge in [0.15, 0.2) is 0 Å². The lowest BCUT2D eigenvalue weighted by Crippen LogP contribution is -2.13. The van der Waals surface area contributed by atoms with Gasteiger partial charge in [-0.25, -0.2) is 9.97 Å². The van der Waals surface area contributed by atoms with E-state index in [1.54, 1.807) is 0 Å². The molecule has 0 saturated carbocycles. The summed E-state index contributed by atoms with van der Waals surface area (Å²) in [5.41, 5.74) is 15.0. The first kappa shape index (κ1) is 15.5. The van der Waals surface area contributed by atoms with Crippen molar-refractivity contribution in [1.29, 1.82) is 5.41 Å². The number of aromatic nitrogens is 2. The first-order chi connectivity index (χ1) is 11.6. The third-order valence-corrected chi connectivity index (χ3v) is 3.84. The number of rotatable bonds is 4. The molecule has 0 atom stereocenters. The predicted molar refractivity (Wildman–Crippen MR) is 97.7 cm³/mol. The van der Waals surface area contributed by atoms with Crippen LogP contribution in [0.2, 0.25) is 0 Å². The van der Waals surface area contributed by atoms with Crippen molar-refractivity contribution >= 4 is 28.7 Å². The molecule has 0 aliphatic rings. The van der Waals surface area contributed by atoms with Crippen molar-refractivity contribution < 1.29 is 0 Å². The first-order valence-electron chi connectivity index (χ1n) is 7.42. The second-order valence-electron chi connectivity index (χ2n) is 5.34. The van der Waals surface area contributed by atoms with Crippen molar-refractivity contribution in [2.45, 2.75) is 0 Å². The maximum atomic E-state index is 8.34. The minimum absolute atomic E-state index is 0.206. The monoisotopic (exact) mass is 318 g/mol. The van der Waals surface area contributed by atoms with E-state index in [0.717, 1.165) is 11.4 Å². The van der Waals surface area contributed by atoms with Gasteiger partial charge in [0.2, 0.25) is 0 Å². The topological polar surface area (TPSA) is 105 Å². The van der Waals surface area contributed by atoms with Gasteiger partial charge < -0.3 is 16.4 Å². The summed E-state index contributed by atoms with van der Waals surface area (Å²) in [6.07, 6.45) is 1.29. The highest BCUT2D eigenvalue weighted by Gasteiger charge is 2.14. The number of nitrogens with one attached hydrogen (secondary N) is 1. The number of nitrogen functional groups attached to an aromatic ring is 2. The molecule has 6 heteroatoms. The molecule has 3 rings (SSSR count). The van der Waals surface area contributed by atoms with Crippen LogP contribution in [0.3, 0.4) is 0 Å². The fraction of sp³-hybridized carbons (Fsp3) is 0.0556. The number of hydrogen-bond donors (Lipinski definition) is 3. The summed E-state index contributed by atoms with van der Waals surface area (Å²) in [5.74, 6) is 0.413. The molecule has 24 heavy (non-hydrogen) atoms. The number of nitrogens with zero attached hydrogens (tertiary/aromatic N) is 3. The Kier molecular flexibility index (Phi) is 4.11. The Hall–Kier alpha value is -3.41. The largest absolute Gasteiger partial charge is 0.383 e. The molecule has 3 aromatic rings. The van der Waals surface area contributed by atoms with Gasteiger partial charge in [-0.15, -0.1) is 0 Å². The molecular weight excluding hydrogens is 300 g/mol. The minimum atomic E-state index is 0.206. The standard InChI is InChI=1S/C18H18N6/c1-24(13-5-3-2-4-6-13)14-9-7-12(8-10-14)16(19)15-17(20)22-11-23-18(15)21/h2-11,19H,1H3,(H4,20,21,22,23). The highest BCUT2D eigenvalue weighted by molar-refractivity contribution is 6.16. The molecular formula is C18H18N6. The highest BCUT2D eigenvalue weighted by Crippen LogP contribution is 2.25. The van der Waals surface area contributed by atoms with Crippen molar-refractivity contribution in [3.05, 3.63) is 72.1 Å². The fourth-order valence-electron chi connectivity index (χ4n) is 2.47. The number of anilines is 4. The van der Waals surface area contributed by atoms with Crippen LogP contribution in [0.4, 0.5) is 23.0 Å². The summed E-state index contributed by atoms with van der Waals surface area (Å²) in [7, 11) is 2.00. The third-order valence-electron chi connectivity index (χ3n) is 3.84. The van der Waals surface area contributed by atoms with Gasteiger partial charge >= 0.3 is 0 Å². The highest BCUT2D eigenvalue weighted by atomic mass is 15.1. The van der Waals surface area contributed by atoms with Crippen LogP contribution >= 0.6 is 0 Å². The van der Waals surface area contributed by atoms with Crippen LogP contribution in [0.5, 0.6) is 0 Å². The second-order valence-corrected chi connectivity index (χ2v) is 5.34. The lowest BCUT2D eigenvalue weighted by molar-refractivity contribution is 1.17. The molecule has 0 amide bonds. The molecule has 0 spiro atoms. The van der Waals surface area contributed by atoms with E-state index in [-0.39, 0.29) is 17.3 Å². The molecule has 0 bridgehead atoms. The normalized spacial score (nSPS) is 10.4. The number of nitrogens with two attached hydrogens (primary N) is 2. The molecule has 0 fully saturated rings. The summed E-state index contributed by atoms with van der Waals surface area (Å²) in [6.45, 7) is 0. The van der Waals surface area contributed by atoms with Gasteiger partial charge in [-0.3, -0.25) is 5.41 Å². The lowest BCUT2D eigenvalue weighted by Gasteiger charge is -2.20. The molecule has 2 aromatic carbocycles. The number of hydrogen-bond acceptors (Lipinski definition) is 6. The summed E-state index contributed by atoms with van der Waals surface area (Å²) in [6, 6.07) is 17.7. The van der Waals surface area contributed by atoms with Crippen molar-refractivity contribution in [1.82, 2.24) is 9.97 Å². The Balaban J connectivity index is 1.88. The van der Waals surface area contributed by atoms with E-state index in [1.807, 2.05) is 61.6 Å². The van der Waals surface area contributed by atoms with Gasteiger partial charge in [-0.2, -0.15) is 0 Å². The molecule has 5 N–H and O–H groups in total. The van der Waals surface area contributed by atoms with E-state index in [4.69, 9.17) is 16.9 Å². The van der Waals surface area contributed by atoms with Crippen LogP contribution in [0.25, 0.3) is 0 Å². The van der Waals surface area contributed by atoms with Crippen molar-refractivity contribution in [2.24, 2.45) is 0 Å². The summed E-state index contributed by atoms with van der Waals surface area (Å²) < 4.78 is 0. The molecule has 0 saturated heterocycles. The fourth-order valence-corrected chi connectivity index (χ4v) is 2.47. The van der Waals surface area contributed by atoms with Crippen LogP contribution in [0, 0.1) is 5.41 Å². The first-order valence-corrected chi connectivity index (χ1v) is 7.42. The van der Waals surface area contributed by atoms with Crippen LogP contribution in [0.15, 0.2) is 60.9 Å². The van der Waals surface area contributed by atoms with E-state index >= 15 is 0 Å². The van der Waals surface area contributed by atoms with Gasteiger partial charge in [0, 0.05) is 24.0 Å². The summed E-state index contributed by atoms with van der Waals surface area (Å²) in [4.78, 5) is 9.89. The van der Waals surface area contributed by atoms with Gasteiger partial charge in [0.1, 0.15) is 18.0 Å². The van der Waals surface area contributed by atoms with Gasteiger partial charge in [0.05, 0.1) is 11.3 Å². The molecule has 0 aliphatic carbocycles. The van der Waals surface area contributed by atoms with Crippen LogP contribution in [-0.2, 0) is 0 Å². The van der Waals surface area contributed by atoms with Gasteiger partial charge in [-0.1, -0.05) is 30.3 Å². The molecule has 0 radical (unpaired) electrons. The minimum Gasteiger partial charge on any atom is -0.383 e. The molecule has 1 aromatic heterocycles. The zero-order valence-electron chi connectivity index (χ0n) is 13.3. The quantitative estimate of drug-likeness (QED) is 0.642. The van der Waals surface area contributed by atoms with E-state index < -0.39 is 0 Å². The van der Waals surface area contributed by atoms with Crippen LogP contribution in [-0.4, -0.2) is 22.7 Å². The Morgan fingerprint density at radius 1 is 0.875 bits per heavy atom. The predicted octanol–water partition coefficient (Wildman–Crippen LogP) is 2.83. The lowest BCUT2D eigenvalue weighted by atomic mass is 10.0. The Morgan fingerprint density at radius 3 is 2.00 bits per heavy atom. The van der Waals surface area contributed by atoms with E-state index in [1.165, 1.54) is 6.33 Å². The average Bonchev–Trinajstić information content (AvgIpc) is 2.62. The maximum absolute atomic E-state index is 8.34. The zero-order valence-corrected chi connectivity index (χ0v) is 13.3. The van der Waals surface area contributed by atoms with Gasteiger partial charge in [0.25, 0.3) is 0 Å². The molecule has 1 heterocycles. The zero-order chi connectivity index (χ0) is 17.1. The van der Waals surface area contributed by atoms with Crippen LogP contribution in [0.1, 0.15) is 11.1 Å². The average molecular weight is 318 g/mol. The van der Waals surface area contributed by atoms with Crippen molar-refractivity contribution in [3.63, 3.8) is 0 Å². The Labute approximate surface area is 140 Å². The second kappa shape index (κ2) is 6.37.